The Kier molecular flexibility index (Phi) is 6.03. The molecule has 142 valence electrons. The minimum Gasteiger partial charge on any atom is -0.504 e. The van der Waals surface area contributed by atoms with E-state index in [0.29, 0.717) is 21.9 Å². The molecule has 0 radical (unpaired) electrons. The first-order chi connectivity index (χ1) is 13.6. The van der Waals surface area contributed by atoms with Crippen molar-refractivity contribution in [3.05, 3.63) is 76.0 Å². The summed E-state index contributed by atoms with van der Waals surface area (Å²) in [6, 6.07) is 15.0. The summed E-state index contributed by atoms with van der Waals surface area (Å²) in [5.41, 5.74) is 3.41. The van der Waals surface area contributed by atoms with E-state index in [1.54, 1.807) is 60.0 Å². The van der Waals surface area contributed by atoms with Gasteiger partial charge in [-0.05, 0) is 35.7 Å². The van der Waals surface area contributed by atoms with Crippen molar-refractivity contribution >= 4 is 35.1 Å². The van der Waals surface area contributed by atoms with Crippen LogP contribution >= 0.6 is 11.3 Å². The van der Waals surface area contributed by atoms with Gasteiger partial charge in [0.1, 0.15) is 0 Å². The van der Waals surface area contributed by atoms with Gasteiger partial charge in [-0.15, -0.1) is 11.3 Å². The van der Waals surface area contributed by atoms with Crippen molar-refractivity contribution in [2.75, 3.05) is 12.4 Å². The van der Waals surface area contributed by atoms with Crippen LogP contribution in [0.15, 0.2) is 65.1 Å². The number of thiophene rings is 1. The summed E-state index contributed by atoms with van der Waals surface area (Å²) >= 11 is 1.31. The van der Waals surface area contributed by atoms with Gasteiger partial charge in [0.05, 0.1) is 29.5 Å². The first kappa shape index (κ1) is 19.1. The minimum absolute atomic E-state index is 0.0772. The lowest BCUT2D eigenvalue weighted by molar-refractivity contribution is 0.0956. The Morgan fingerprint density at radius 2 is 1.89 bits per heavy atom. The molecule has 0 aliphatic rings. The molecule has 0 spiro atoms. The molecule has 0 unspecified atom stereocenters. The van der Waals surface area contributed by atoms with E-state index < -0.39 is 5.91 Å². The standard InChI is InChI=1S/C20H17N3O4S/c1-27-16-9-4-6-13(18(16)24)12-21-23-19(25)14-7-2-3-8-15(14)22-20(26)17-10-5-11-28-17/h2-12,24H,1H3,(H,22,26)(H,23,25)/b21-12-. The highest BCUT2D eigenvalue weighted by Crippen LogP contribution is 2.28. The van der Waals surface area contributed by atoms with Gasteiger partial charge in [-0.2, -0.15) is 5.10 Å². The van der Waals surface area contributed by atoms with Crippen LogP contribution in [0.4, 0.5) is 5.69 Å². The van der Waals surface area contributed by atoms with Crippen LogP contribution in [0.5, 0.6) is 11.5 Å². The molecule has 1 aromatic heterocycles. The highest BCUT2D eigenvalue weighted by Gasteiger charge is 2.14. The van der Waals surface area contributed by atoms with E-state index in [1.165, 1.54) is 24.7 Å². The summed E-state index contributed by atoms with van der Waals surface area (Å²) in [4.78, 5) is 25.3. The lowest BCUT2D eigenvalue weighted by atomic mass is 10.1. The van der Waals surface area contributed by atoms with E-state index in [-0.39, 0.29) is 17.2 Å². The van der Waals surface area contributed by atoms with Crippen LogP contribution in [0, 0.1) is 0 Å². The SMILES string of the molecule is COc1cccc(/C=N\NC(=O)c2ccccc2NC(=O)c2cccs2)c1O. The predicted octanol–water partition coefficient (Wildman–Crippen LogP) is 3.48. The van der Waals surface area contributed by atoms with E-state index in [4.69, 9.17) is 4.74 Å². The van der Waals surface area contributed by atoms with Gasteiger partial charge in [0.25, 0.3) is 11.8 Å². The highest BCUT2D eigenvalue weighted by molar-refractivity contribution is 7.12. The van der Waals surface area contributed by atoms with Crippen molar-refractivity contribution in [3.8, 4) is 11.5 Å². The van der Waals surface area contributed by atoms with Crippen LogP contribution in [-0.4, -0.2) is 30.2 Å². The number of carbonyl (C=O) groups is 2. The number of carbonyl (C=O) groups excluding carboxylic acids is 2. The normalized spacial score (nSPS) is 10.6. The average molecular weight is 395 g/mol. The number of nitrogens with one attached hydrogen (secondary N) is 2. The Hall–Kier alpha value is -3.65. The van der Waals surface area contributed by atoms with Crippen LogP contribution in [0.25, 0.3) is 0 Å². The fourth-order valence-electron chi connectivity index (χ4n) is 2.41. The number of aromatic hydroxyl groups is 1. The number of anilines is 1. The number of hydrazone groups is 1. The lowest BCUT2D eigenvalue weighted by Gasteiger charge is -2.09. The molecule has 0 saturated carbocycles. The molecule has 0 saturated heterocycles. The van der Waals surface area contributed by atoms with E-state index >= 15 is 0 Å². The molecular weight excluding hydrogens is 378 g/mol. The van der Waals surface area contributed by atoms with Crippen LogP contribution < -0.4 is 15.5 Å². The maximum atomic E-state index is 12.5. The minimum atomic E-state index is -0.499. The molecule has 28 heavy (non-hydrogen) atoms. The van der Waals surface area contributed by atoms with E-state index in [9.17, 15) is 14.7 Å². The lowest BCUT2D eigenvalue weighted by Crippen LogP contribution is -2.21. The number of benzene rings is 2. The zero-order chi connectivity index (χ0) is 19.9. The van der Waals surface area contributed by atoms with Crippen molar-refractivity contribution in [1.82, 2.24) is 5.43 Å². The van der Waals surface area contributed by atoms with Crippen molar-refractivity contribution in [2.24, 2.45) is 5.10 Å². The van der Waals surface area contributed by atoms with Gasteiger partial charge >= 0.3 is 0 Å². The first-order valence-electron chi connectivity index (χ1n) is 8.23. The van der Waals surface area contributed by atoms with Gasteiger partial charge in [0.15, 0.2) is 11.5 Å². The number of ether oxygens (including phenoxy) is 1. The molecule has 2 aromatic carbocycles. The second-order valence-corrected chi connectivity index (χ2v) is 6.52. The molecule has 0 bridgehead atoms. The summed E-state index contributed by atoms with van der Waals surface area (Å²) in [6.07, 6.45) is 1.31. The largest absolute Gasteiger partial charge is 0.504 e. The first-order valence-corrected chi connectivity index (χ1v) is 9.11. The molecule has 7 nitrogen and oxygen atoms in total. The molecule has 0 aliphatic carbocycles. The third kappa shape index (κ3) is 4.36. The van der Waals surface area contributed by atoms with Crippen molar-refractivity contribution in [3.63, 3.8) is 0 Å². The number of methoxy groups -OCH3 is 1. The molecular formula is C20H17N3O4S. The molecule has 3 rings (SSSR count). The van der Waals surface area contributed by atoms with E-state index in [0.717, 1.165) is 0 Å². The molecule has 0 fully saturated rings. The van der Waals surface area contributed by atoms with E-state index in [2.05, 4.69) is 15.8 Å². The van der Waals surface area contributed by atoms with Crippen molar-refractivity contribution in [1.29, 1.82) is 0 Å². The van der Waals surface area contributed by atoms with Gasteiger partial charge in [-0.1, -0.05) is 24.3 Å². The van der Waals surface area contributed by atoms with Crippen LogP contribution in [0.1, 0.15) is 25.6 Å². The van der Waals surface area contributed by atoms with Gasteiger partial charge in [-0.3, -0.25) is 9.59 Å². The molecule has 3 N–H and O–H groups in total. The van der Waals surface area contributed by atoms with Crippen LogP contribution in [-0.2, 0) is 0 Å². The Bertz CT molecular complexity index is 1020. The second kappa shape index (κ2) is 8.83. The Morgan fingerprint density at radius 1 is 1.07 bits per heavy atom. The quantitative estimate of drug-likeness (QED) is 0.439. The predicted molar refractivity (Wildman–Crippen MR) is 108 cm³/mol. The topological polar surface area (TPSA) is 100 Å². The van der Waals surface area contributed by atoms with E-state index in [1.807, 2.05) is 0 Å². The smallest absolute Gasteiger partial charge is 0.273 e. The molecule has 3 aromatic rings. The fourth-order valence-corrected chi connectivity index (χ4v) is 3.03. The molecule has 8 heteroatoms. The van der Waals surface area contributed by atoms with Crippen LogP contribution in [0.3, 0.4) is 0 Å². The summed E-state index contributed by atoms with van der Waals surface area (Å²) in [7, 11) is 1.44. The van der Waals surface area contributed by atoms with Gasteiger partial charge in [0, 0.05) is 5.56 Å². The third-order valence-electron chi connectivity index (χ3n) is 3.78. The van der Waals surface area contributed by atoms with Gasteiger partial charge in [-0.25, -0.2) is 5.43 Å². The molecule has 0 atom stereocenters. The second-order valence-electron chi connectivity index (χ2n) is 5.57. The summed E-state index contributed by atoms with van der Waals surface area (Å²) in [5.74, 6) is -0.565. The Morgan fingerprint density at radius 3 is 2.64 bits per heavy atom. The molecule has 2 amide bonds. The zero-order valence-electron chi connectivity index (χ0n) is 14.9. The number of rotatable bonds is 6. The van der Waals surface area contributed by atoms with Gasteiger partial charge < -0.3 is 15.2 Å². The van der Waals surface area contributed by atoms with Crippen molar-refractivity contribution in [2.45, 2.75) is 0 Å². The number of hydrogen-bond donors (Lipinski definition) is 3. The summed E-state index contributed by atoms with van der Waals surface area (Å²) < 4.78 is 5.03. The maximum absolute atomic E-state index is 12.5. The average Bonchev–Trinajstić information content (AvgIpc) is 3.24. The third-order valence-corrected chi connectivity index (χ3v) is 4.65. The maximum Gasteiger partial charge on any atom is 0.273 e. The fraction of sp³-hybridized carbons (Fsp3) is 0.0500. The van der Waals surface area contributed by atoms with Gasteiger partial charge in [0.2, 0.25) is 0 Å². The van der Waals surface area contributed by atoms with Crippen molar-refractivity contribution < 1.29 is 19.4 Å². The number of phenols is 1. The Labute approximate surface area is 165 Å². The monoisotopic (exact) mass is 395 g/mol. The van der Waals surface area contributed by atoms with Crippen LogP contribution in [0.2, 0.25) is 0 Å². The number of amides is 2. The highest BCUT2D eigenvalue weighted by atomic mass is 32.1. The number of para-hydroxylation sites is 2. The molecule has 0 aliphatic heterocycles. The number of nitrogens with zero attached hydrogens (tertiary/aromatic N) is 1. The number of phenolic OH excluding ortho intramolecular Hbond substituents is 1. The Balaban J connectivity index is 1.72. The number of hydrogen-bond acceptors (Lipinski definition) is 6. The summed E-state index contributed by atoms with van der Waals surface area (Å²) in [5, 5.41) is 18.4. The zero-order valence-corrected chi connectivity index (χ0v) is 15.7. The summed E-state index contributed by atoms with van der Waals surface area (Å²) in [6.45, 7) is 0. The molecule has 1 heterocycles.